The zero-order chi connectivity index (χ0) is 21.1. The maximum Gasteiger partial charge on any atom is 0.268 e. The number of phosphoric ester groups is 1. The lowest BCUT2D eigenvalue weighted by molar-refractivity contribution is -0.240. The number of hydrogen-bond acceptors (Lipinski definition) is 8. The van der Waals surface area contributed by atoms with Gasteiger partial charge in [-0.3, -0.25) is 4.57 Å². The third-order valence-corrected chi connectivity index (χ3v) is 5.71. The molecule has 0 bridgehead atoms. The molecule has 0 amide bonds. The number of aliphatic hydroxyl groups is 1. The molecule has 11 heteroatoms. The van der Waals surface area contributed by atoms with Crippen molar-refractivity contribution in [1.82, 2.24) is 0 Å². The van der Waals surface area contributed by atoms with Crippen LogP contribution in [-0.2, 0) is 27.8 Å². The second-order valence-electron chi connectivity index (χ2n) is 8.17. The summed E-state index contributed by atoms with van der Waals surface area (Å²) >= 11 is 0. The molecule has 1 N–H and O–H groups in total. The van der Waals surface area contributed by atoms with Gasteiger partial charge in [-0.15, -0.1) is 0 Å². The highest BCUT2D eigenvalue weighted by Gasteiger charge is 2.47. The predicted octanol–water partition coefficient (Wildman–Crippen LogP) is 0.841. The molecule has 1 heterocycles. The molecule has 7 atom stereocenters. The fourth-order valence-electron chi connectivity index (χ4n) is 3.51. The first-order valence-electron chi connectivity index (χ1n) is 9.70. The fourth-order valence-corrected chi connectivity index (χ4v) is 4.49. The van der Waals surface area contributed by atoms with E-state index in [0.717, 1.165) is 0 Å². The Hall–Kier alpha value is 0.0799. The number of phosphoric acid groups is 1. The van der Waals surface area contributed by atoms with Crippen molar-refractivity contribution in [2.75, 3.05) is 13.2 Å². The van der Waals surface area contributed by atoms with Gasteiger partial charge in [0, 0.05) is 6.00 Å². The first-order valence-corrected chi connectivity index (χ1v) is 11.2. The molecule has 1 saturated heterocycles. The lowest BCUT2D eigenvalue weighted by Gasteiger charge is -2.35. The minimum atomic E-state index is -4.73. The molecule has 1 aliphatic carbocycles. The predicted molar refractivity (Wildman–Crippen MR) is 102 cm³/mol. The molecule has 0 aromatic carbocycles. The number of rotatable bonds is 10. The molecule has 2 rings (SSSR count). The monoisotopic (exact) mass is 415 g/mol. The summed E-state index contributed by atoms with van der Waals surface area (Å²) < 4.78 is 39.2. The largest absolute Gasteiger partial charge is 0.756 e. The quantitative estimate of drug-likeness (QED) is 0.414. The molecule has 2 fully saturated rings. The van der Waals surface area contributed by atoms with Crippen molar-refractivity contribution in [3.8, 4) is 0 Å². The number of hydrogen-bond donors (Lipinski definition) is 1. The van der Waals surface area contributed by atoms with Crippen LogP contribution in [0.15, 0.2) is 0 Å². The maximum absolute atomic E-state index is 12.3. The molecule has 3 unspecified atom stereocenters. The van der Waals surface area contributed by atoms with E-state index in [-0.39, 0.29) is 44.4 Å². The Morgan fingerprint density at radius 3 is 2.54 bits per heavy atom. The van der Waals surface area contributed by atoms with Gasteiger partial charge in [-0.1, -0.05) is 5.82 Å². The first kappa shape index (κ1) is 24.4. The van der Waals surface area contributed by atoms with E-state index in [1.807, 2.05) is 27.7 Å². The Morgan fingerprint density at radius 2 is 1.93 bits per heavy atom. The maximum atomic E-state index is 12.3. The Bertz CT molecular complexity index is 551. The van der Waals surface area contributed by atoms with E-state index in [4.69, 9.17) is 39.0 Å². The molecule has 28 heavy (non-hydrogen) atoms. The van der Waals surface area contributed by atoms with E-state index in [1.165, 1.54) is 0 Å². The van der Waals surface area contributed by atoms with Crippen molar-refractivity contribution >= 4 is 23.5 Å². The van der Waals surface area contributed by atoms with Gasteiger partial charge in [-0.05, 0) is 47.0 Å². The second-order valence-corrected chi connectivity index (χ2v) is 9.54. The fraction of sp³-hybridized carbons (Fsp3) is 1.00. The van der Waals surface area contributed by atoms with Gasteiger partial charge in [-0.2, -0.15) is 0 Å². The van der Waals surface area contributed by atoms with E-state index >= 15 is 0 Å². The number of ether oxygens (including phenoxy) is 3. The molecular weight excluding hydrogens is 385 g/mol. The van der Waals surface area contributed by atoms with Crippen LogP contribution < -0.4 is 4.89 Å². The van der Waals surface area contributed by atoms with Crippen LogP contribution in [0, 0.1) is 0 Å². The van der Waals surface area contributed by atoms with Gasteiger partial charge >= 0.3 is 0 Å². The van der Waals surface area contributed by atoms with Gasteiger partial charge in [0.25, 0.3) is 7.82 Å². The molecular formula is C17H30B2O8P-. The van der Waals surface area contributed by atoms with E-state index in [2.05, 4.69) is 0 Å². The minimum absolute atomic E-state index is 0.0624. The van der Waals surface area contributed by atoms with E-state index < -0.39 is 37.5 Å². The van der Waals surface area contributed by atoms with Crippen molar-refractivity contribution in [3.63, 3.8) is 0 Å². The summed E-state index contributed by atoms with van der Waals surface area (Å²) in [5, 5.41) is 10.8. The first-order chi connectivity index (χ1) is 12.9. The van der Waals surface area contributed by atoms with E-state index in [1.54, 1.807) is 0 Å². The summed E-state index contributed by atoms with van der Waals surface area (Å²) in [6.45, 7) is 7.01. The Morgan fingerprint density at radius 1 is 1.25 bits per heavy atom. The normalized spacial score (nSPS) is 38.4. The van der Waals surface area contributed by atoms with Gasteiger partial charge in [0.2, 0.25) is 0 Å². The SMILES string of the molecule is [B][C@H]1CC(OP(=O)([O-])OC[C@H]2O[C@@H]([B])CC2OC(C)C)[C@@](O)(COC(C)C)C1. The molecule has 1 aliphatic heterocycles. The average Bonchev–Trinajstić information content (AvgIpc) is 3.02. The Balaban J connectivity index is 1.93. The third kappa shape index (κ3) is 7.10. The molecule has 158 valence electrons. The summed E-state index contributed by atoms with van der Waals surface area (Å²) in [6, 6.07) is -0.546. The molecule has 2 aliphatic rings. The van der Waals surface area contributed by atoms with Crippen LogP contribution in [0.1, 0.15) is 47.0 Å². The highest BCUT2D eigenvalue weighted by atomic mass is 31.2. The van der Waals surface area contributed by atoms with Crippen LogP contribution in [0.4, 0.5) is 0 Å². The van der Waals surface area contributed by atoms with Crippen LogP contribution in [-0.4, -0.2) is 76.1 Å². The van der Waals surface area contributed by atoms with Crippen molar-refractivity contribution < 1.29 is 37.8 Å². The Kier molecular flexibility index (Phi) is 8.63. The zero-order valence-corrected chi connectivity index (χ0v) is 17.9. The molecule has 0 aromatic heterocycles. The van der Waals surface area contributed by atoms with Gasteiger partial charge in [0.1, 0.15) is 19.6 Å². The second kappa shape index (κ2) is 9.92. The van der Waals surface area contributed by atoms with Crippen LogP contribution in [0.3, 0.4) is 0 Å². The molecule has 1 saturated carbocycles. The van der Waals surface area contributed by atoms with Crippen LogP contribution >= 0.6 is 7.82 Å². The van der Waals surface area contributed by atoms with Crippen molar-refractivity contribution in [3.05, 3.63) is 0 Å². The molecule has 0 aromatic rings. The highest BCUT2D eigenvalue weighted by Crippen LogP contribution is 2.49. The Labute approximate surface area is 170 Å². The van der Waals surface area contributed by atoms with Crippen molar-refractivity contribution in [1.29, 1.82) is 0 Å². The average molecular weight is 415 g/mol. The molecule has 8 nitrogen and oxygen atoms in total. The smallest absolute Gasteiger partial charge is 0.268 e. The minimum Gasteiger partial charge on any atom is -0.756 e. The van der Waals surface area contributed by atoms with Gasteiger partial charge in [0.15, 0.2) is 0 Å². The van der Waals surface area contributed by atoms with Gasteiger partial charge < -0.3 is 33.3 Å². The van der Waals surface area contributed by atoms with Crippen LogP contribution in [0.2, 0.25) is 5.82 Å². The highest BCUT2D eigenvalue weighted by molar-refractivity contribution is 7.45. The summed E-state index contributed by atoms with van der Waals surface area (Å²) in [4.78, 5) is 12.3. The third-order valence-electron chi connectivity index (χ3n) is 4.73. The topological polar surface area (TPSA) is 107 Å². The lowest BCUT2D eigenvalue weighted by Crippen LogP contribution is -2.44. The lowest BCUT2D eigenvalue weighted by atomic mass is 9.85. The van der Waals surface area contributed by atoms with Gasteiger partial charge in [0.05, 0.1) is 45.5 Å². The molecule has 4 radical (unpaired) electrons. The van der Waals surface area contributed by atoms with E-state index in [9.17, 15) is 14.6 Å². The van der Waals surface area contributed by atoms with Gasteiger partial charge in [-0.25, -0.2) is 0 Å². The van der Waals surface area contributed by atoms with Crippen molar-refractivity contribution in [2.45, 2.75) is 94.9 Å². The summed E-state index contributed by atoms with van der Waals surface area (Å²) in [6.07, 6.45) is -1.43. The summed E-state index contributed by atoms with van der Waals surface area (Å²) in [5.74, 6) is -0.397. The van der Waals surface area contributed by atoms with Crippen LogP contribution in [0.25, 0.3) is 0 Å². The van der Waals surface area contributed by atoms with Crippen molar-refractivity contribution in [2.24, 2.45) is 0 Å². The van der Waals surface area contributed by atoms with E-state index in [0.29, 0.717) is 6.42 Å². The molecule has 0 spiro atoms. The summed E-state index contributed by atoms with van der Waals surface area (Å²) in [7, 11) is 6.95. The standard InChI is InChI=1S/C17H31B2O8P/c1-10(2)23-9-17(20)7-12(18)5-15(17)27-28(21,22)24-8-14-13(25-11(3)4)6-16(19)26-14/h10-16,20H,5-9H2,1-4H3,(H,21,22)/p-1/t12-,13?,14+,15?,16+,17-/m0/s1. The van der Waals surface area contributed by atoms with Crippen LogP contribution in [0.5, 0.6) is 0 Å². The zero-order valence-electron chi connectivity index (χ0n) is 17.0. The summed E-state index contributed by atoms with van der Waals surface area (Å²) in [5.41, 5.74) is -1.50.